The van der Waals surface area contributed by atoms with Crippen molar-refractivity contribution < 1.29 is 0 Å². The van der Waals surface area contributed by atoms with E-state index in [0.717, 1.165) is 11.9 Å². The van der Waals surface area contributed by atoms with E-state index in [9.17, 15) is 0 Å². The van der Waals surface area contributed by atoms with Crippen LogP contribution in [0.3, 0.4) is 0 Å². The zero-order chi connectivity index (χ0) is 19.1. The van der Waals surface area contributed by atoms with Crippen LogP contribution in [0, 0.1) is 11.5 Å². The van der Waals surface area contributed by atoms with E-state index in [4.69, 9.17) is 0 Å². The first-order valence-corrected chi connectivity index (χ1v) is 13.0. The minimum atomic E-state index is -1.69. The summed E-state index contributed by atoms with van der Waals surface area (Å²) >= 11 is 3.88. The first kappa shape index (κ1) is 19.7. The van der Waals surface area contributed by atoms with Gasteiger partial charge in [0.05, 0.1) is 11.7 Å². The van der Waals surface area contributed by atoms with Gasteiger partial charge in [-0.1, -0.05) is 41.5 Å². The number of nitrogens with one attached hydrogen (secondary N) is 1. The molecule has 0 saturated heterocycles. The minimum Gasteiger partial charge on any atom is -0.278 e. The number of nitrogens with zero attached hydrogens (tertiary/aromatic N) is 1. The number of hydrogen-bond acceptors (Lipinski definition) is 1. The molecule has 1 heterocycles. The van der Waals surface area contributed by atoms with E-state index in [1.807, 2.05) is 6.20 Å². The lowest BCUT2D eigenvalue weighted by molar-refractivity contribution is 0.640. The quantitative estimate of drug-likeness (QED) is 0.413. The van der Waals surface area contributed by atoms with E-state index in [0.29, 0.717) is 22.5 Å². The summed E-state index contributed by atoms with van der Waals surface area (Å²) in [5.74, 6) is 4.15. The highest BCUT2D eigenvalue weighted by Gasteiger charge is 2.42. The Hall–Kier alpha value is -1.05. The Morgan fingerprint density at radius 1 is 1.15 bits per heavy atom. The third kappa shape index (κ3) is 3.18. The Balaban J connectivity index is 2.10. The molecule has 0 amide bonds. The summed E-state index contributed by atoms with van der Waals surface area (Å²) in [4.78, 5) is 0. The number of aryl methyl sites for hydroxylation is 1. The van der Waals surface area contributed by atoms with Crippen LogP contribution in [0.15, 0.2) is 16.7 Å². The second-order valence-electron chi connectivity index (χ2n) is 8.71. The Labute approximate surface area is 167 Å². The van der Waals surface area contributed by atoms with E-state index in [2.05, 4.69) is 85.2 Å². The summed E-state index contributed by atoms with van der Waals surface area (Å²) in [6, 6.07) is 2.29. The van der Waals surface area contributed by atoms with E-state index >= 15 is 0 Å². The van der Waals surface area contributed by atoms with Crippen LogP contribution in [0.1, 0.15) is 71.4 Å². The molecule has 3 rings (SSSR count). The zero-order valence-corrected chi connectivity index (χ0v) is 19.5. The molecular formula is C22H31BrN2Si. The zero-order valence-electron chi connectivity index (χ0n) is 16.9. The lowest BCUT2D eigenvalue weighted by atomic mass is 9.82. The predicted octanol–water partition coefficient (Wildman–Crippen LogP) is 6.97. The first-order valence-electron chi connectivity index (χ1n) is 9.96. The summed E-state index contributed by atoms with van der Waals surface area (Å²) in [5, 5.41) is 8.52. The molecule has 2 nitrogen and oxygen atoms in total. The second kappa shape index (κ2) is 7.52. The van der Waals surface area contributed by atoms with Crippen molar-refractivity contribution in [2.75, 3.05) is 0 Å². The van der Waals surface area contributed by atoms with Gasteiger partial charge in [0.2, 0.25) is 0 Å². The topological polar surface area (TPSA) is 28.7 Å². The molecule has 0 saturated carbocycles. The third-order valence-electron chi connectivity index (χ3n) is 6.42. The van der Waals surface area contributed by atoms with Crippen LogP contribution in [-0.4, -0.2) is 18.3 Å². The van der Waals surface area contributed by atoms with Crippen LogP contribution in [-0.2, 0) is 6.42 Å². The molecule has 0 fully saturated rings. The lowest BCUT2D eigenvalue weighted by Crippen LogP contribution is -2.43. The number of H-pyrrole nitrogens is 1. The normalized spacial score (nSPS) is 17.7. The van der Waals surface area contributed by atoms with Crippen molar-refractivity contribution in [3.05, 3.63) is 27.9 Å². The summed E-state index contributed by atoms with van der Waals surface area (Å²) in [5.41, 5.74) is 9.97. The first-order chi connectivity index (χ1) is 12.3. The SMILES string of the molecule is CC(C)[Si](C#CC1CCCc2cc3[nH]ncc3c(Br)c21)(C(C)C)C(C)C. The maximum atomic E-state index is 4.23. The maximum absolute atomic E-state index is 4.23. The van der Waals surface area contributed by atoms with Gasteiger partial charge in [-0.2, -0.15) is 5.10 Å². The van der Waals surface area contributed by atoms with Gasteiger partial charge in [-0.25, -0.2) is 0 Å². The number of fused-ring (bicyclic) bond motifs is 2. The molecule has 0 bridgehead atoms. The molecule has 2 aromatic rings. The van der Waals surface area contributed by atoms with Gasteiger partial charge in [0.1, 0.15) is 8.07 Å². The van der Waals surface area contributed by atoms with E-state index in [1.165, 1.54) is 33.8 Å². The van der Waals surface area contributed by atoms with Gasteiger partial charge < -0.3 is 0 Å². The van der Waals surface area contributed by atoms with Gasteiger partial charge in [-0.05, 0) is 69.0 Å². The number of halogens is 1. The summed E-state index contributed by atoms with van der Waals surface area (Å²) < 4.78 is 1.20. The largest absolute Gasteiger partial charge is 0.278 e. The van der Waals surface area contributed by atoms with Crippen molar-refractivity contribution in [3.63, 3.8) is 0 Å². The number of rotatable bonds is 3. The number of hydrogen-bond donors (Lipinski definition) is 1. The molecule has 0 spiro atoms. The smallest absolute Gasteiger partial charge is 0.145 e. The summed E-state index contributed by atoms with van der Waals surface area (Å²) in [7, 11) is -1.69. The van der Waals surface area contributed by atoms with Crippen molar-refractivity contribution >= 4 is 34.9 Å². The Bertz CT molecular complexity index is 832. The number of aromatic amines is 1. The Morgan fingerprint density at radius 2 is 1.81 bits per heavy atom. The molecule has 1 aliphatic carbocycles. The molecule has 0 radical (unpaired) electrons. The minimum absolute atomic E-state index is 0.343. The van der Waals surface area contributed by atoms with Gasteiger partial charge >= 0.3 is 0 Å². The van der Waals surface area contributed by atoms with Crippen molar-refractivity contribution in [1.82, 2.24) is 10.2 Å². The van der Waals surface area contributed by atoms with Crippen molar-refractivity contribution in [3.8, 4) is 11.5 Å². The van der Waals surface area contributed by atoms with Crippen molar-refractivity contribution in [2.45, 2.75) is 83.3 Å². The molecule has 4 heteroatoms. The molecule has 1 atom stereocenters. The second-order valence-corrected chi connectivity index (χ2v) is 15.1. The number of benzene rings is 1. The van der Waals surface area contributed by atoms with Gasteiger partial charge in [-0.15, -0.1) is 11.5 Å². The molecule has 1 unspecified atom stereocenters. The summed E-state index contributed by atoms with van der Waals surface area (Å²) in [6.07, 6.45) is 5.45. The molecule has 26 heavy (non-hydrogen) atoms. The third-order valence-corrected chi connectivity index (χ3v) is 13.6. The van der Waals surface area contributed by atoms with Crippen LogP contribution in [0.4, 0.5) is 0 Å². The van der Waals surface area contributed by atoms with Crippen LogP contribution < -0.4 is 0 Å². The average Bonchev–Trinajstić information content (AvgIpc) is 3.03. The lowest BCUT2D eigenvalue weighted by Gasteiger charge is -2.38. The molecule has 140 valence electrons. The fourth-order valence-corrected chi connectivity index (χ4v) is 11.3. The average molecular weight is 431 g/mol. The van der Waals surface area contributed by atoms with Crippen LogP contribution in [0.5, 0.6) is 0 Å². The molecular weight excluding hydrogens is 400 g/mol. The standard InChI is InChI=1S/C22H31BrN2Si/c1-14(2)26(15(3)4,16(5)6)11-10-17-8-7-9-18-12-20-19(13-24-25-20)22(23)21(17)18/h12-17H,7-9H2,1-6H3,(H,24,25). The van der Waals surface area contributed by atoms with Gasteiger partial charge in [-0.3, -0.25) is 5.10 Å². The van der Waals surface area contributed by atoms with E-state index in [1.54, 1.807) is 0 Å². The van der Waals surface area contributed by atoms with Crippen molar-refractivity contribution in [1.29, 1.82) is 0 Å². The van der Waals surface area contributed by atoms with E-state index < -0.39 is 8.07 Å². The molecule has 0 aliphatic heterocycles. The fraction of sp³-hybridized carbons (Fsp3) is 0.591. The molecule has 1 aromatic carbocycles. The van der Waals surface area contributed by atoms with Gasteiger partial charge in [0.15, 0.2) is 0 Å². The predicted molar refractivity (Wildman–Crippen MR) is 118 cm³/mol. The Kier molecular flexibility index (Phi) is 5.70. The highest BCUT2D eigenvalue weighted by Crippen LogP contribution is 2.43. The Morgan fingerprint density at radius 3 is 2.42 bits per heavy atom. The molecule has 1 aliphatic rings. The summed E-state index contributed by atoms with van der Waals surface area (Å²) in [6.45, 7) is 14.3. The number of aromatic nitrogens is 2. The molecule has 1 aromatic heterocycles. The maximum Gasteiger partial charge on any atom is 0.145 e. The van der Waals surface area contributed by atoms with Gasteiger partial charge in [0.25, 0.3) is 0 Å². The highest BCUT2D eigenvalue weighted by molar-refractivity contribution is 9.10. The van der Waals surface area contributed by atoms with Crippen LogP contribution in [0.2, 0.25) is 16.6 Å². The van der Waals surface area contributed by atoms with Crippen molar-refractivity contribution in [2.24, 2.45) is 0 Å². The molecule has 1 N–H and O–H groups in total. The monoisotopic (exact) mass is 430 g/mol. The fourth-order valence-electron chi connectivity index (χ4n) is 5.13. The van der Waals surface area contributed by atoms with Gasteiger partial charge in [0, 0.05) is 15.8 Å². The van der Waals surface area contributed by atoms with E-state index in [-0.39, 0.29) is 0 Å². The van der Waals surface area contributed by atoms with Crippen LogP contribution in [0.25, 0.3) is 10.9 Å². The van der Waals surface area contributed by atoms with Crippen LogP contribution >= 0.6 is 15.9 Å². The highest BCUT2D eigenvalue weighted by atomic mass is 79.9.